The molecule has 21 aliphatic rings. The van der Waals surface area contributed by atoms with Gasteiger partial charge in [0.25, 0.3) is 0 Å². The fraction of sp³-hybridized carbons (Fsp3) is 0.941. The zero-order valence-electron chi connectivity index (χ0n) is 47.0. The molecule has 1 aromatic rings. The molecule has 1 unspecified atom stereocenters. The average molecular weight is 1270 g/mol. The number of nitrogens with zero attached hydrogens (tertiary/aromatic N) is 2. The third kappa shape index (κ3) is 14.5. The third-order valence-corrected chi connectivity index (χ3v) is 17.0. The number of aromatic nitrogens is 2. The second kappa shape index (κ2) is 30.3. The molecule has 1 aromatic heterocycles. The summed E-state index contributed by atoms with van der Waals surface area (Å²) in [7, 11) is 0. The highest BCUT2D eigenvalue weighted by atomic mass is 16.8. The van der Waals surface area contributed by atoms with Crippen LogP contribution >= 0.6 is 0 Å². The molecule has 0 radical (unpaired) electrons. The summed E-state index contributed by atoms with van der Waals surface area (Å²) in [4.78, 5) is 0. The van der Waals surface area contributed by atoms with Crippen molar-refractivity contribution in [2.75, 3.05) is 39.6 Å². The first-order chi connectivity index (χ1) is 41.6. The van der Waals surface area contributed by atoms with Gasteiger partial charge >= 0.3 is 0 Å². The van der Waals surface area contributed by atoms with Crippen molar-refractivity contribution in [3.05, 3.63) is 18.7 Å². The number of unbranched alkanes of at least 4 members (excludes halogenated alkanes) is 3. The molecule has 36 nitrogen and oxygen atoms in total. The molecule has 14 bridgehead atoms. The monoisotopic (exact) mass is 1270 g/mol. The Hall–Kier alpha value is -2.15. The number of aryl methyl sites for hydroxylation is 1. The molecule has 0 amide bonds. The lowest BCUT2D eigenvalue weighted by molar-refractivity contribution is -0.707. The van der Waals surface area contributed by atoms with Crippen LogP contribution in [0.2, 0.25) is 0 Å². The van der Waals surface area contributed by atoms with Crippen LogP contribution in [-0.2, 0) is 79.4 Å². The standard InChI is InChI=1S/C51H85N2O34/c1-2-3-4-5-6-52-7-8-53(16-52)9-17-38-24(60)31(67)45(74-17)82-39-18(10-54)76-47(33(69)26(39)62)84-41-20(12-56)78-49(35(71)28(41)64)86-43-22(14-58)80-51(37(73)30(43)66)87-44-23(15-59)79-50(36(72)29(44)65)85-42-21(13-57)77-48(34(70)27(42)63)83-40-19(11-55)75-46(81-38)32(68)25(40)61/h7-8,16-51,54-73H,2-6,9-15H2,1H3/q+1/t17-,18-,19-,20-,21-,22-,23-,24-,25-,26-,27-,28-,29-,30-,31-,32-,33-,34-,35-,36-,37?,38-,39-,40-,41-,42-,43-,44-,45-,46-,47-,48-,49-,50-,51-/m1/s1. The van der Waals surface area contributed by atoms with Crippen molar-refractivity contribution in [2.45, 2.75) is 261 Å². The summed E-state index contributed by atoms with van der Waals surface area (Å²) in [5.74, 6) is 0. The molecule has 0 saturated carbocycles. The van der Waals surface area contributed by atoms with Gasteiger partial charge in [0.2, 0.25) is 6.33 Å². The van der Waals surface area contributed by atoms with Crippen molar-refractivity contribution in [1.29, 1.82) is 0 Å². The van der Waals surface area contributed by atoms with E-state index in [4.69, 9.17) is 66.3 Å². The molecule has 36 heteroatoms. The van der Waals surface area contributed by atoms with E-state index >= 15 is 0 Å². The van der Waals surface area contributed by atoms with Gasteiger partial charge in [-0.3, -0.25) is 0 Å². The van der Waals surface area contributed by atoms with E-state index in [1.165, 1.54) is 0 Å². The van der Waals surface area contributed by atoms with Gasteiger partial charge in [-0.15, -0.1) is 0 Å². The number of aliphatic hydroxyl groups is 20. The number of rotatable bonds is 13. The van der Waals surface area contributed by atoms with Gasteiger partial charge in [-0.25, -0.2) is 9.13 Å². The van der Waals surface area contributed by atoms with Gasteiger partial charge in [0.1, 0.15) is 190 Å². The quantitative estimate of drug-likeness (QED) is 0.0644. The van der Waals surface area contributed by atoms with E-state index in [9.17, 15) is 102 Å². The van der Waals surface area contributed by atoms with Gasteiger partial charge in [-0.05, 0) is 12.8 Å². The minimum atomic E-state index is -2.20. The summed E-state index contributed by atoms with van der Waals surface area (Å²) < 4.78 is 85.4. The van der Waals surface area contributed by atoms with Crippen molar-refractivity contribution in [1.82, 2.24) is 4.57 Å². The molecule has 21 aliphatic heterocycles. The van der Waals surface area contributed by atoms with Crippen LogP contribution in [0.3, 0.4) is 0 Å². The highest BCUT2D eigenvalue weighted by molar-refractivity contribution is 5.02. The lowest BCUT2D eigenvalue weighted by atomic mass is 9.95. The fourth-order valence-electron chi connectivity index (χ4n) is 12.0. The van der Waals surface area contributed by atoms with E-state index < -0.39 is 255 Å². The van der Waals surface area contributed by atoms with Crippen LogP contribution in [0, 0.1) is 0 Å². The average Bonchev–Trinajstić information content (AvgIpc) is 1.67. The van der Waals surface area contributed by atoms with Crippen molar-refractivity contribution >= 4 is 0 Å². The van der Waals surface area contributed by atoms with Crippen LogP contribution in [0.5, 0.6) is 0 Å². The van der Waals surface area contributed by atoms with E-state index in [0.717, 1.165) is 25.7 Å². The van der Waals surface area contributed by atoms with Crippen LogP contribution in [0.15, 0.2) is 18.7 Å². The first-order valence-electron chi connectivity index (χ1n) is 29.0. The van der Waals surface area contributed by atoms with Crippen LogP contribution in [0.25, 0.3) is 0 Å². The molecular formula is C51H85N2O34+. The van der Waals surface area contributed by atoms with E-state index in [1.807, 2.05) is 4.57 Å². The maximum absolute atomic E-state index is 11.9. The number of ether oxygens (including phenoxy) is 14. The molecule has 35 atom stereocenters. The predicted molar refractivity (Wildman–Crippen MR) is 270 cm³/mol. The van der Waals surface area contributed by atoms with Gasteiger partial charge in [0.05, 0.1) is 46.2 Å². The Morgan fingerprint density at radius 1 is 0.299 bits per heavy atom. The van der Waals surface area contributed by atoms with Gasteiger partial charge in [0, 0.05) is 0 Å². The fourth-order valence-corrected chi connectivity index (χ4v) is 12.0. The Kier molecular flexibility index (Phi) is 24.1. The Morgan fingerprint density at radius 3 is 0.759 bits per heavy atom. The summed E-state index contributed by atoms with van der Waals surface area (Å²) in [5.41, 5.74) is 0. The van der Waals surface area contributed by atoms with Crippen LogP contribution in [-0.4, -0.2) is 361 Å². The van der Waals surface area contributed by atoms with Crippen molar-refractivity contribution in [3.63, 3.8) is 0 Å². The minimum Gasteiger partial charge on any atom is -0.394 e. The molecule has 20 N–H and O–H groups in total. The Bertz CT molecular complexity index is 2240. The molecule has 22 heterocycles. The SMILES string of the molecule is CCCCCCn1cc[n+](C[C@H]2O[C@@H]3O[C@H]4[C@H](O)[C@@H](O)[C@@H](O[C@H]5[C@H](O)[C@@H](O)[C@@H](O[C@H]6[C@H](O)C(O)[C@@H](O[C@H]7[C@H](O)[C@@H](O)[C@@H](O[C@H]8[C@H](O)[C@@H](O)[C@@H](O[C@H]9[C@H](O)[C@@H](O)[C@@H](O[C@H]2[C@H](O)[C@H]3O)O[C@@H]9CO)O[C@@H]8CO)O[C@@H]7CO)O[C@@H]6CO)O[C@@H]5CO)O[C@@H]4CO)c1. The second-order valence-corrected chi connectivity index (χ2v) is 22.9. The van der Waals surface area contributed by atoms with E-state index in [0.29, 0.717) is 6.54 Å². The molecule has 87 heavy (non-hydrogen) atoms. The van der Waals surface area contributed by atoms with Gasteiger partial charge < -0.3 is 168 Å². The van der Waals surface area contributed by atoms with E-state index in [1.54, 1.807) is 23.3 Å². The number of imidazole rings is 1. The molecular weight excluding hydrogens is 1180 g/mol. The zero-order valence-corrected chi connectivity index (χ0v) is 47.0. The maximum Gasteiger partial charge on any atom is 0.243 e. The Labute approximate surface area is 495 Å². The predicted octanol–water partition coefficient (Wildman–Crippen LogP) is -12.9. The largest absolute Gasteiger partial charge is 0.394 e. The highest BCUT2D eigenvalue weighted by Gasteiger charge is 2.60. The summed E-state index contributed by atoms with van der Waals surface area (Å²) in [6.07, 6.45) is -60.4. The molecule has 0 aromatic carbocycles. The summed E-state index contributed by atoms with van der Waals surface area (Å²) in [5, 5.41) is 224. The van der Waals surface area contributed by atoms with Gasteiger partial charge in [-0.1, -0.05) is 19.8 Å². The van der Waals surface area contributed by atoms with Crippen LogP contribution < -0.4 is 4.57 Å². The highest BCUT2D eigenvalue weighted by Crippen LogP contribution is 2.39. The first-order valence-corrected chi connectivity index (χ1v) is 29.0. The van der Waals surface area contributed by atoms with Crippen LogP contribution in [0.4, 0.5) is 0 Å². The summed E-state index contributed by atoms with van der Waals surface area (Å²) in [6, 6.07) is 0. The molecule has 0 spiro atoms. The topological polar surface area (TPSA) is 543 Å². The summed E-state index contributed by atoms with van der Waals surface area (Å²) in [6.45, 7) is -3.74. The molecule has 22 rings (SSSR count). The molecule has 0 aliphatic carbocycles. The smallest absolute Gasteiger partial charge is 0.243 e. The maximum atomic E-state index is 11.9. The van der Waals surface area contributed by atoms with Gasteiger partial charge in [-0.2, -0.15) is 0 Å². The minimum absolute atomic E-state index is 0.225. The zero-order chi connectivity index (χ0) is 62.9. The van der Waals surface area contributed by atoms with Crippen LogP contribution in [0.1, 0.15) is 32.6 Å². The van der Waals surface area contributed by atoms with E-state index in [-0.39, 0.29) is 6.54 Å². The van der Waals surface area contributed by atoms with Crippen molar-refractivity contribution < 1.29 is 173 Å². The lowest BCUT2D eigenvalue weighted by Crippen LogP contribution is -2.68. The molecule has 21 fully saturated rings. The van der Waals surface area contributed by atoms with Crippen molar-refractivity contribution in [3.8, 4) is 0 Å². The normalized spacial score (nSPS) is 50.4. The Morgan fingerprint density at radius 2 is 0.529 bits per heavy atom. The van der Waals surface area contributed by atoms with E-state index in [2.05, 4.69) is 6.92 Å². The Balaban J connectivity index is 1.02. The first kappa shape index (κ1) is 69.2. The van der Waals surface area contributed by atoms with Gasteiger partial charge in [0.15, 0.2) is 44.0 Å². The number of hydrogen-bond acceptors (Lipinski definition) is 34. The number of hydrogen-bond donors (Lipinski definition) is 20. The number of aliphatic hydroxyl groups excluding tert-OH is 20. The molecule has 502 valence electrons. The summed E-state index contributed by atoms with van der Waals surface area (Å²) >= 11 is 0. The third-order valence-electron chi connectivity index (χ3n) is 17.0. The second-order valence-electron chi connectivity index (χ2n) is 22.9. The van der Waals surface area contributed by atoms with Crippen molar-refractivity contribution in [2.24, 2.45) is 0 Å². The molecule has 21 saturated heterocycles. The lowest BCUT2D eigenvalue weighted by Gasteiger charge is -2.50.